The lowest BCUT2D eigenvalue weighted by molar-refractivity contribution is -0.435. The maximum atomic E-state index is 10.6. The molecule has 0 N–H and O–H groups in total. The van der Waals surface area contributed by atoms with Crippen LogP contribution in [0.1, 0.15) is 20.8 Å². The van der Waals surface area contributed by atoms with Crippen molar-refractivity contribution < 1.29 is 4.92 Å². The molecule has 0 bridgehead atoms. The lowest BCUT2D eigenvalue weighted by Gasteiger charge is -2.18. The second-order valence-electron chi connectivity index (χ2n) is 3.33. The molecule has 0 aromatic rings. The molecule has 0 heterocycles. The molecular formula is C9H13NO2. The largest absolute Gasteiger partial charge is 0.259 e. The molecule has 2 unspecified atom stereocenters. The fourth-order valence-corrected chi connectivity index (χ4v) is 1.47. The van der Waals surface area contributed by atoms with Crippen molar-refractivity contribution in [2.24, 2.45) is 11.8 Å². The van der Waals surface area contributed by atoms with Crippen LogP contribution in [0.2, 0.25) is 0 Å². The molecule has 1 aliphatic carbocycles. The summed E-state index contributed by atoms with van der Waals surface area (Å²) >= 11 is 0. The van der Waals surface area contributed by atoms with Crippen LogP contribution in [0.25, 0.3) is 0 Å². The molecule has 0 fully saturated rings. The van der Waals surface area contributed by atoms with E-state index in [0.717, 1.165) is 5.57 Å². The quantitative estimate of drug-likeness (QED) is 0.444. The van der Waals surface area contributed by atoms with Gasteiger partial charge in [0.15, 0.2) is 0 Å². The Morgan fingerprint density at radius 1 is 1.50 bits per heavy atom. The molecule has 0 saturated carbocycles. The molecule has 0 spiro atoms. The molecule has 0 radical (unpaired) electrons. The molecule has 1 aliphatic rings. The zero-order chi connectivity index (χ0) is 9.30. The molecule has 12 heavy (non-hydrogen) atoms. The number of hydrogen-bond acceptors (Lipinski definition) is 2. The number of rotatable bonds is 1. The molecule has 0 saturated heterocycles. The topological polar surface area (TPSA) is 43.1 Å². The fourth-order valence-electron chi connectivity index (χ4n) is 1.47. The van der Waals surface area contributed by atoms with Gasteiger partial charge in [-0.3, -0.25) is 10.1 Å². The molecule has 0 aromatic heterocycles. The molecule has 2 atom stereocenters. The molecular weight excluding hydrogens is 154 g/mol. The van der Waals surface area contributed by atoms with Gasteiger partial charge in [0.25, 0.3) is 5.70 Å². The predicted molar refractivity (Wildman–Crippen MR) is 47.2 cm³/mol. The molecule has 3 nitrogen and oxygen atoms in total. The molecule has 0 aliphatic heterocycles. The van der Waals surface area contributed by atoms with Gasteiger partial charge in [0.2, 0.25) is 0 Å². The Balaban J connectivity index is 3.05. The van der Waals surface area contributed by atoms with E-state index in [2.05, 4.69) is 0 Å². The summed E-state index contributed by atoms with van der Waals surface area (Å²) in [5.74, 6) is 0.305. The minimum Gasteiger partial charge on any atom is -0.259 e. The molecule has 66 valence electrons. The van der Waals surface area contributed by atoms with Gasteiger partial charge in [0.05, 0.1) is 10.8 Å². The Bertz CT molecular complexity index is 266. The van der Waals surface area contributed by atoms with Gasteiger partial charge in [0.1, 0.15) is 0 Å². The smallest absolute Gasteiger partial charge is 0.252 e. The van der Waals surface area contributed by atoms with E-state index in [0.29, 0.717) is 5.70 Å². The average Bonchev–Trinajstić information content (AvgIpc) is 1.97. The van der Waals surface area contributed by atoms with E-state index in [1.165, 1.54) is 0 Å². The Morgan fingerprint density at radius 3 is 2.50 bits per heavy atom. The summed E-state index contributed by atoms with van der Waals surface area (Å²) in [6.45, 7) is 5.68. The maximum absolute atomic E-state index is 10.6. The van der Waals surface area contributed by atoms with Crippen LogP contribution in [-0.2, 0) is 0 Å². The van der Waals surface area contributed by atoms with E-state index < -0.39 is 0 Å². The normalized spacial score (nSPS) is 29.2. The second kappa shape index (κ2) is 3.09. The molecule has 0 amide bonds. The summed E-state index contributed by atoms with van der Waals surface area (Å²) in [7, 11) is 0. The number of nitro groups is 1. The highest BCUT2D eigenvalue weighted by atomic mass is 16.6. The van der Waals surface area contributed by atoms with Crippen LogP contribution in [0, 0.1) is 22.0 Å². The first-order valence-electron chi connectivity index (χ1n) is 4.07. The highest BCUT2D eigenvalue weighted by Crippen LogP contribution is 2.29. The van der Waals surface area contributed by atoms with Crippen molar-refractivity contribution in [1.82, 2.24) is 0 Å². The molecule has 1 rings (SSSR count). The number of allylic oxidation sites excluding steroid dienone is 4. The van der Waals surface area contributed by atoms with Crippen LogP contribution < -0.4 is 0 Å². The minimum atomic E-state index is -0.264. The summed E-state index contributed by atoms with van der Waals surface area (Å²) in [4.78, 5) is 10.4. The van der Waals surface area contributed by atoms with Crippen molar-refractivity contribution in [1.29, 1.82) is 0 Å². The molecule has 3 heteroatoms. The summed E-state index contributed by atoms with van der Waals surface area (Å²) < 4.78 is 0. The van der Waals surface area contributed by atoms with Crippen LogP contribution in [0.3, 0.4) is 0 Å². The van der Waals surface area contributed by atoms with E-state index in [1.54, 1.807) is 6.92 Å². The van der Waals surface area contributed by atoms with Gasteiger partial charge in [-0.15, -0.1) is 0 Å². The van der Waals surface area contributed by atoms with Gasteiger partial charge >= 0.3 is 0 Å². The van der Waals surface area contributed by atoms with Crippen LogP contribution >= 0.6 is 0 Å². The van der Waals surface area contributed by atoms with Gasteiger partial charge in [-0.05, 0) is 12.8 Å². The van der Waals surface area contributed by atoms with E-state index >= 15 is 0 Å². The first-order chi connectivity index (χ1) is 5.54. The highest BCUT2D eigenvalue weighted by molar-refractivity contribution is 5.26. The monoisotopic (exact) mass is 167 g/mol. The van der Waals surface area contributed by atoms with Crippen molar-refractivity contribution in [2.45, 2.75) is 20.8 Å². The van der Waals surface area contributed by atoms with Gasteiger partial charge in [-0.2, -0.15) is 0 Å². The van der Waals surface area contributed by atoms with E-state index in [4.69, 9.17) is 0 Å². The zero-order valence-electron chi connectivity index (χ0n) is 7.57. The second-order valence-corrected chi connectivity index (χ2v) is 3.33. The summed E-state index contributed by atoms with van der Waals surface area (Å²) in [6.07, 6.45) is 3.86. The first-order valence-corrected chi connectivity index (χ1v) is 4.07. The summed E-state index contributed by atoms with van der Waals surface area (Å²) in [5, 5.41) is 10.6. The third kappa shape index (κ3) is 1.40. The minimum absolute atomic E-state index is 0.0324. The van der Waals surface area contributed by atoms with Gasteiger partial charge in [-0.25, -0.2) is 0 Å². The van der Waals surface area contributed by atoms with Crippen molar-refractivity contribution >= 4 is 0 Å². The van der Waals surface area contributed by atoms with Gasteiger partial charge in [0, 0.05) is 5.57 Å². The van der Waals surface area contributed by atoms with Crippen LogP contribution in [0.5, 0.6) is 0 Å². The van der Waals surface area contributed by atoms with Crippen molar-refractivity contribution in [3.63, 3.8) is 0 Å². The van der Waals surface area contributed by atoms with Crippen LogP contribution in [0.15, 0.2) is 23.4 Å². The Morgan fingerprint density at radius 2 is 2.08 bits per heavy atom. The number of hydrogen-bond donors (Lipinski definition) is 0. The first kappa shape index (κ1) is 8.97. The number of nitrogens with zero attached hydrogens (tertiary/aromatic N) is 1. The van der Waals surface area contributed by atoms with Crippen molar-refractivity contribution in [3.8, 4) is 0 Å². The van der Waals surface area contributed by atoms with Gasteiger partial charge in [-0.1, -0.05) is 26.0 Å². The van der Waals surface area contributed by atoms with E-state index in [-0.39, 0.29) is 16.8 Å². The third-order valence-electron chi connectivity index (χ3n) is 2.47. The lowest BCUT2D eigenvalue weighted by atomic mass is 9.86. The average molecular weight is 167 g/mol. The Hall–Kier alpha value is -1.12. The fraction of sp³-hybridized carbons (Fsp3) is 0.556. The third-order valence-corrected chi connectivity index (χ3v) is 2.47. The van der Waals surface area contributed by atoms with Crippen molar-refractivity contribution in [3.05, 3.63) is 33.5 Å². The Kier molecular flexibility index (Phi) is 2.31. The summed E-state index contributed by atoms with van der Waals surface area (Å²) in [6, 6.07) is 0. The zero-order valence-corrected chi connectivity index (χ0v) is 7.57. The molecule has 0 aromatic carbocycles. The predicted octanol–water partition coefficient (Wildman–Crippen LogP) is 2.38. The SMILES string of the molecule is CC1=C([N+](=O)[O-])C(C)C(C)C=C1. The van der Waals surface area contributed by atoms with Crippen molar-refractivity contribution in [2.75, 3.05) is 0 Å². The lowest BCUT2D eigenvalue weighted by Crippen LogP contribution is -2.19. The van der Waals surface area contributed by atoms with Gasteiger partial charge < -0.3 is 0 Å². The van der Waals surface area contributed by atoms with Crippen LogP contribution in [0.4, 0.5) is 0 Å². The van der Waals surface area contributed by atoms with E-state index in [1.807, 2.05) is 26.0 Å². The highest BCUT2D eigenvalue weighted by Gasteiger charge is 2.28. The Labute approximate surface area is 71.9 Å². The maximum Gasteiger partial charge on any atom is 0.252 e. The summed E-state index contributed by atoms with van der Waals surface area (Å²) in [5.41, 5.74) is 1.15. The van der Waals surface area contributed by atoms with Crippen LogP contribution in [-0.4, -0.2) is 4.92 Å². The van der Waals surface area contributed by atoms with E-state index in [9.17, 15) is 10.1 Å². The standard InChI is InChI=1S/C9H13NO2/c1-6-4-5-7(2)9(8(6)3)10(11)12/h4-6,8H,1-3H3.